The van der Waals surface area contributed by atoms with Crippen molar-refractivity contribution >= 4 is 17.7 Å². The molecule has 0 heterocycles. The number of aliphatic hydroxyl groups excluding tert-OH is 1. The molecule has 0 spiro atoms. The highest BCUT2D eigenvalue weighted by Gasteiger charge is 2.39. The van der Waals surface area contributed by atoms with E-state index in [0.717, 1.165) is 18.6 Å². The van der Waals surface area contributed by atoms with E-state index in [1.807, 2.05) is 13.8 Å². The Morgan fingerprint density at radius 3 is 2.76 bits per heavy atom. The third kappa shape index (κ3) is 4.85. The molecule has 2 N–H and O–H groups in total. The number of rotatable bonds is 8. The molecule has 0 aliphatic heterocycles. The smallest absolute Gasteiger partial charge is 0.326 e. The minimum absolute atomic E-state index is 0.192. The van der Waals surface area contributed by atoms with E-state index in [-0.39, 0.29) is 18.5 Å². The number of nitrogens with one attached hydrogen (secondary N) is 1. The van der Waals surface area contributed by atoms with Crippen LogP contribution >= 0.6 is 11.8 Å². The van der Waals surface area contributed by atoms with Crippen LogP contribution in [0.2, 0.25) is 0 Å². The lowest BCUT2D eigenvalue weighted by Crippen LogP contribution is -2.53. The molecule has 100 valence electrons. The first-order valence-corrected chi connectivity index (χ1v) is 7.22. The van der Waals surface area contributed by atoms with Gasteiger partial charge in [-0.15, -0.1) is 0 Å². The number of methoxy groups -OCH3 is 1. The van der Waals surface area contributed by atoms with Crippen LogP contribution in [-0.2, 0) is 9.53 Å². The van der Waals surface area contributed by atoms with Crippen molar-refractivity contribution in [2.45, 2.75) is 38.3 Å². The molecule has 0 amide bonds. The Morgan fingerprint density at radius 1 is 1.65 bits per heavy atom. The van der Waals surface area contributed by atoms with Crippen LogP contribution < -0.4 is 5.32 Å². The van der Waals surface area contributed by atoms with Gasteiger partial charge in [-0.3, -0.25) is 10.1 Å². The number of ether oxygens (including phenoxy) is 1. The number of hydrogen-bond acceptors (Lipinski definition) is 5. The highest BCUT2D eigenvalue weighted by Crippen LogP contribution is 2.25. The van der Waals surface area contributed by atoms with Gasteiger partial charge in [0.25, 0.3) is 0 Å². The molecule has 1 saturated carbocycles. The molecule has 17 heavy (non-hydrogen) atoms. The minimum Gasteiger partial charge on any atom is -0.468 e. The molecule has 0 aromatic carbocycles. The summed E-state index contributed by atoms with van der Waals surface area (Å²) in [5.41, 5.74) is -0.601. The van der Waals surface area contributed by atoms with Crippen LogP contribution in [0.1, 0.15) is 26.7 Å². The maximum absolute atomic E-state index is 11.8. The van der Waals surface area contributed by atoms with Crippen molar-refractivity contribution in [3.8, 4) is 0 Å². The first-order valence-electron chi connectivity index (χ1n) is 6.06. The van der Waals surface area contributed by atoms with Gasteiger partial charge in [0, 0.05) is 18.4 Å². The van der Waals surface area contributed by atoms with Gasteiger partial charge in [-0.05, 0) is 31.4 Å². The van der Waals surface area contributed by atoms with Gasteiger partial charge in [-0.1, -0.05) is 6.92 Å². The van der Waals surface area contributed by atoms with Crippen molar-refractivity contribution in [1.82, 2.24) is 5.32 Å². The first-order chi connectivity index (χ1) is 8.01. The maximum Gasteiger partial charge on any atom is 0.326 e. The van der Waals surface area contributed by atoms with Crippen molar-refractivity contribution < 1.29 is 14.6 Å². The van der Waals surface area contributed by atoms with E-state index in [1.54, 1.807) is 11.8 Å². The zero-order chi connectivity index (χ0) is 12.9. The van der Waals surface area contributed by atoms with E-state index >= 15 is 0 Å². The molecular formula is C12H23NO3S. The van der Waals surface area contributed by atoms with E-state index in [4.69, 9.17) is 9.84 Å². The number of hydrogen-bond donors (Lipinski definition) is 2. The summed E-state index contributed by atoms with van der Waals surface area (Å²) in [5, 5.41) is 12.3. The molecule has 1 aliphatic carbocycles. The third-order valence-electron chi connectivity index (χ3n) is 2.84. The molecule has 4 nitrogen and oxygen atoms in total. The normalized spacial score (nSPS) is 20.7. The Labute approximate surface area is 107 Å². The highest BCUT2D eigenvalue weighted by molar-refractivity contribution is 7.99. The van der Waals surface area contributed by atoms with Crippen molar-refractivity contribution in [3.05, 3.63) is 0 Å². The Morgan fingerprint density at radius 2 is 2.29 bits per heavy atom. The number of thioether (sulfide) groups is 1. The van der Waals surface area contributed by atoms with Gasteiger partial charge in [0.1, 0.15) is 5.54 Å². The topological polar surface area (TPSA) is 58.6 Å². The van der Waals surface area contributed by atoms with Crippen LogP contribution in [0.25, 0.3) is 0 Å². The second-order valence-electron chi connectivity index (χ2n) is 5.05. The summed E-state index contributed by atoms with van der Waals surface area (Å²) >= 11 is 1.68. The molecule has 0 saturated heterocycles. The average molecular weight is 261 g/mol. The average Bonchev–Trinajstić information content (AvgIpc) is 3.11. The summed E-state index contributed by atoms with van der Waals surface area (Å²) in [6.07, 6.45) is 2.29. The predicted molar refractivity (Wildman–Crippen MR) is 70.2 cm³/mol. The molecular weight excluding hydrogens is 238 g/mol. The summed E-state index contributed by atoms with van der Waals surface area (Å²) in [6.45, 7) is 4.09. The standard InChI is InChI=1S/C12H23NO3S/c1-9(6-14)7-17-8-12(2,11(15)16-3)13-10-4-5-10/h9-10,13-14H,4-8H2,1-3H3. The lowest BCUT2D eigenvalue weighted by molar-refractivity contribution is -0.147. The van der Waals surface area contributed by atoms with Crippen molar-refractivity contribution in [2.24, 2.45) is 5.92 Å². The quantitative estimate of drug-likeness (QED) is 0.639. The highest BCUT2D eigenvalue weighted by atomic mass is 32.2. The monoisotopic (exact) mass is 261 g/mol. The first kappa shape index (κ1) is 14.8. The summed E-state index contributed by atoms with van der Waals surface area (Å²) in [7, 11) is 1.43. The molecule has 0 aromatic rings. The van der Waals surface area contributed by atoms with Gasteiger partial charge in [0.05, 0.1) is 7.11 Å². The second kappa shape index (κ2) is 6.61. The number of aliphatic hydroxyl groups is 1. The van der Waals surface area contributed by atoms with Crippen LogP contribution in [0, 0.1) is 5.92 Å². The zero-order valence-electron chi connectivity index (χ0n) is 10.9. The van der Waals surface area contributed by atoms with Crippen LogP contribution in [0.3, 0.4) is 0 Å². The second-order valence-corrected chi connectivity index (χ2v) is 6.08. The fourth-order valence-corrected chi connectivity index (χ4v) is 2.81. The zero-order valence-corrected chi connectivity index (χ0v) is 11.7. The van der Waals surface area contributed by atoms with E-state index in [0.29, 0.717) is 11.8 Å². The molecule has 0 bridgehead atoms. The summed E-state index contributed by atoms with van der Waals surface area (Å²) in [5.74, 6) is 1.60. The molecule has 1 aliphatic rings. The van der Waals surface area contributed by atoms with Gasteiger partial charge >= 0.3 is 5.97 Å². The fraction of sp³-hybridized carbons (Fsp3) is 0.917. The molecule has 2 atom stereocenters. The molecule has 0 aromatic heterocycles. The van der Waals surface area contributed by atoms with Crippen molar-refractivity contribution in [3.63, 3.8) is 0 Å². The van der Waals surface area contributed by atoms with Gasteiger partial charge in [-0.2, -0.15) is 11.8 Å². The maximum atomic E-state index is 11.8. The molecule has 0 radical (unpaired) electrons. The van der Waals surface area contributed by atoms with Crippen molar-refractivity contribution in [1.29, 1.82) is 0 Å². The molecule has 1 rings (SSSR count). The summed E-state index contributed by atoms with van der Waals surface area (Å²) in [4.78, 5) is 11.8. The van der Waals surface area contributed by atoms with E-state index in [1.165, 1.54) is 7.11 Å². The largest absolute Gasteiger partial charge is 0.468 e. The van der Waals surface area contributed by atoms with E-state index < -0.39 is 5.54 Å². The molecule has 5 heteroatoms. The minimum atomic E-state index is -0.601. The Bertz CT molecular complexity index is 258. The van der Waals surface area contributed by atoms with E-state index in [9.17, 15) is 4.79 Å². The lowest BCUT2D eigenvalue weighted by Gasteiger charge is -2.28. The van der Waals surface area contributed by atoms with Gasteiger partial charge in [-0.25, -0.2) is 0 Å². The SMILES string of the molecule is COC(=O)C(C)(CSCC(C)CO)NC1CC1. The molecule has 2 unspecified atom stereocenters. The van der Waals surface area contributed by atoms with Gasteiger partial charge < -0.3 is 9.84 Å². The third-order valence-corrected chi connectivity index (χ3v) is 4.43. The summed E-state index contributed by atoms with van der Waals surface area (Å²) < 4.78 is 4.86. The number of esters is 1. The summed E-state index contributed by atoms with van der Waals surface area (Å²) in [6, 6.07) is 0.468. The lowest BCUT2D eigenvalue weighted by atomic mass is 10.1. The van der Waals surface area contributed by atoms with Crippen LogP contribution in [0.4, 0.5) is 0 Å². The predicted octanol–water partition coefficient (Wildman–Crippen LogP) is 1.03. The fourth-order valence-electron chi connectivity index (χ4n) is 1.58. The van der Waals surface area contributed by atoms with Crippen LogP contribution in [0.15, 0.2) is 0 Å². The Balaban J connectivity index is 2.42. The molecule has 1 fully saturated rings. The number of carbonyl (C=O) groups is 1. The van der Waals surface area contributed by atoms with Gasteiger partial charge in [0.15, 0.2) is 0 Å². The number of carbonyl (C=O) groups excluding carboxylic acids is 1. The van der Waals surface area contributed by atoms with Gasteiger partial charge in [0.2, 0.25) is 0 Å². The van der Waals surface area contributed by atoms with Crippen molar-refractivity contribution in [2.75, 3.05) is 25.2 Å². The Hall–Kier alpha value is -0.260. The van der Waals surface area contributed by atoms with Crippen LogP contribution in [-0.4, -0.2) is 47.9 Å². The van der Waals surface area contributed by atoms with Crippen LogP contribution in [0.5, 0.6) is 0 Å². The Kier molecular flexibility index (Phi) is 5.76. The van der Waals surface area contributed by atoms with E-state index in [2.05, 4.69) is 5.32 Å².